The van der Waals surface area contributed by atoms with Crippen molar-refractivity contribution in [2.75, 3.05) is 13.2 Å². The summed E-state index contributed by atoms with van der Waals surface area (Å²) >= 11 is 0. The van der Waals surface area contributed by atoms with Crippen LogP contribution in [0.5, 0.6) is 5.75 Å². The standard InChI is InChI=1S/C19H21N5O2/c1-15-3-5-17(6-4-15)26-12-10-21-19(25)22-14-16-7-9-20-18(13-16)24-11-2-8-23-24/h2-9,11,13H,10,12,14H2,1H3,(H2,21,22,25). The lowest BCUT2D eigenvalue weighted by atomic mass is 10.2. The number of aryl methyl sites for hydroxylation is 1. The zero-order chi connectivity index (χ0) is 18.2. The van der Waals surface area contributed by atoms with Crippen molar-refractivity contribution >= 4 is 6.03 Å². The third kappa shape index (κ3) is 5.07. The molecule has 0 unspecified atom stereocenters. The van der Waals surface area contributed by atoms with Gasteiger partial charge >= 0.3 is 6.03 Å². The van der Waals surface area contributed by atoms with Gasteiger partial charge < -0.3 is 15.4 Å². The minimum Gasteiger partial charge on any atom is -0.492 e. The van der Waals surface area contributed by atoms with E-state index in [0.717, 1.165) is 11.3 Å². The summed E-state index contributed by atoms with van der Waals surface area (Å²) in [6, 6.07) is 13.1. The summed E-state index contributed by atoms with van der Waals surface area (Å²) in [7, 11) is 0. The van der Waals surface area contributed by atoms with Gasteiger partial charge in [0.25, 0.3) is 0 Å². The van der Waals surface area contributed by atoms with Gasteiger partial charge in [0.2, 0.25) is 0 Å². The topological polar surface area (TPSA) is 81.1 Å². The monoisotopic (exact) mass is 351 g/mol. The first kappa shape index (κ1) is 17.5. The molecule has 2 amide bonds. The molecule has 1 aromatic carbocycles. The highest BCUT2D eigenvalue weighted by atomic mass is 16.5. The van der Waals surface area contributed by atoms with Crippen LogP contribution in [0.25, 0.3) is 5.82 Å². The molecule has 0 bridgehead atoms. The lowest BCUT2D eigenvalue weighted by molar-refractivity contribution is 0.236. The molecule has 3 aromatic rings. The zero-order valence-corrected chi connectivity index (χ0v) is 14.6. The van der Waals surface area contributed by atoms with E-state index in [1.54, 1.807) is 17.1 Å². The number of amides is 2. The van der Waals surface area contributed by atoms with E-state index < -0.39 is 0 Å². The lowest BCUT2D eigenvalue weighted by Crippen LogP contribution is -2.37. The van der Waals surface area contributed by atoms with Crippen LogP contribution in [0.15, 0.2) is 61.1 Å². The second-order valence-electron chi connectivity index (χ2n) is 5.74. The molecular formula is C19H21N5O2. The number of urea groups is 1. The van der Waals surface area contributed by atoms with Crippen LogP contribution in [-0.4, -0.2) is 33.9 Å². The molecule has 26 heavy (non-hydrogen) atoms. The predicted molar refractivity (Wildman–Crippen MR) is 98.3 cm³/mol. The maximum Gasteiger partial charge on any atom is 0.315 e. The zero-order valence-electron chi connectivity index (χ0n) is 14.6. The molecule has 2 aromatic heterocycles. The Morgan fingerprint density at radius 1 is 1.15 bits per heavy atom. The van der Waals surface area contributed by atoms with Gasteiger partial charge in [-0.2, -0.15) is 5.10 Å². The van der Waals surface area contributed by atoms with Crippen LogP contribution in [0.2, 0.25) is 0 Å². The Hall–Kier alpha value is -3.35. The minimum atomic E-state index is -0.241. The summed E-state index contributed by atoms with van der Waals surface area (Å²) in [6.45, 7) is 3.27. The van der Waals surface area contributed by atoms with Crippen LogP contribution in [0, 0.1) is 6.92 Å². The van der Waals surface area contributed by atoms with Crippen molar-refractivity contribution in [1.29, 1.82) is 0 Å². The van der Waals surface area contributed by atoms with Crippen molar-refractivity contribution in [3.8, 4) is 11.6 Å². The quantitative estimate of drug-likeness (QED) is 0.641. The molecular weight excluding hydrogens is 330 g/mol. The third-order valence-electron chi connectivity index (χ3n) is 3.68. The number of pyridine rings is 1. The largest absolute Gasteiger partial charge is 0.492 e. The van der Waals surface area contributed by atoms with Gasteiger partial charge in [-0.15, -0.1) is 0 Å². The first-order chi connectivity index (χ1) is 12.7. The molecule has 0 aliphatic carbocycles. The average Bonchev–Trinajstić information content (AvgIpc) is 3.20. The van der Waals surface area contributed by atoms with Crippen molar-refractivity contribution in [2.45, 2.75) is 13.5 Å². The number of nitrogens with one attached hydrogen (secondary N) is 2. The molecule has 0 aliphatic rings. The van der Waals surface area contributed by atoms with Crippen molar-refractivity contribution in [1.82, 2.24) is 25.4 Å². The predicted octanol–water partition coefficient (Wildman–Crippen LogP) is 2.45. The van der Waals surface area contributed by atoms with Gasteiger partial charge in [0.15, 0.2) is 5.82 Å². The van der Waals surface area contributed by atoms with Gasteiger partial charge in [0.05, 0.1) is 6.54 Å². The van der Waals surface area contributed by atoms with Crippen molar-refractivity contribution < 1.29 is 9.53 Å². The SMILES string of the molecule is Cc1ccc(OCCNC(=O)NCc2ccnc(-n3cccn3)c2)cc1. The molecule has 7 nitrogen and oxygen atoms in total. The molecule has 0 aliphatic heterocycles. The van der Waals surface area contributed by atoms with E-state index in [1.807, 2.05) is 55.6 Å². The van der Waals surface area contributed by atoms with Crippen molar-refractivity contribution in [2.24, 2.45) is 0 Å². The number of nitrogens with zero attached hydrogens (tertiary/aromatic N) is 3. The van der Waals surface area contributed by atoms with E-state index in [1.165, 1.54) is 5.56 Å². The Labute approximate surface area is 152 Å². The van der Waals surface area contributed by atoms with Gasteiger partial charge in [-0.05, 0) is 42.8 Å². The molecule has 2 heterocycles. The Morgan fingerprint density at radius 3 is 2.77 bits per heavy atom. The van der Waals surface area contributed by atoms with Crippen LogP contribution in [-0.2, 0) is 6.54 Å². The highest BCUT2D eigenvalue weighted by molar-refractivity contribution is 5.73. The van der Waals surface area contributed by atoms with Gasteiger partial charge in [-0.25, -0.2) is 14.5 Å². The van der Waals surface area contributed by atoms with E-state index in [0.29, 0.717) is 25.5 Å². The number of hydrogen-bond donors (Lipinski definition) is 2. The Kier molecular flexibility index (Phi) is 5.82. The Balaban J connectivity index is 1.39. The first-order valence-electron chi connectivity index (χ1n) is 8.37. The molecule has 0 fully saturated rings. The fourth-order valence-corrected chi connectivity index (χ4v) is 2.31. The van der Waals surface area contributed by atoms with E-state index in [2.05, 4.69) is 20.7 Å². The Morgan fingerprint density at radius 2 is 2.00 bits per heavy atom. The highest BCUT2D eigenvalue weighted by Gasteiger charge is 2.03. The Bertz CT molecular complexity index is 831. The van der Waals surface area contributed by atoms with Gasteiger partial charge in [-0.3, -0.25) is 0 Å². The van der Waals surface area contributed by atoms with Gasteiger partial charge in [0.1, 0.15) is 12.4 Å². The number of carbonyl (C=O) groups is 1. The first-order valence-corrected chi connectivity index (χ1v) is 8.37. The summed E-state index contributed by atoms with van der Waals surface area (Å²) in [4.78, 5) is 16.1. The molecule has 3 rings (SSSR count). The molecule has 0 radical (unpaired) electrons. The summed E-state index contributed by atoms with van der Waals surface area (Å²) < 4.78 is 7.24. The van der Waals surface area contributed by atoms with Crippen molar-refractivity contribution in [3.63, 3.8) is 0 Å². The lowest BCUT2D eigenvalue weighted by Gasteiger charge is -2.10. The van der Waals surface area contributed by atoms with E-state index in [4.69, 9.17) is 4.74 Å². The van der Waals surface area contributed by atoms with E-state index in [9.17, 15) is 4.79 Å². The van der Waals surface area contributed by atoms with E-state index in [-0.39, 0.29) is 6.03 Å². The van der Waals surface area contributed by atoms with Crippen LogP contribution in [0.3, 0.4) is 0 Å². The number of carbonyl (C=O) groups excluding carboxylic acids is 1. The maximum absolute atomic E-state index is 11.9. The molecule has 0 spiro atoms. The molecule has 2 N–H and O–H groups in total. The summed E-state index contributed by atoms with van der Waals surface area (Å²) in [6.07, 6.45) is 5.21. The normalized spacial score (nSPS) is 10.3. The molecule has 0 saturated carbocycles. The number of aromatic nitrogens is 3. The summed E-state index contributed by atoms with van der Waals surface area (Å²) in [5, 5.41) is 9.73. The number of rotatable bonds is 7. The number of benzene rings is 1. The van der Waals surface area contributed by atoms with Crippen LogP contribution in [0.1, 0.15) is 11.1 Å². The second kappa shape index (κ2) is 8.66. The third-order valence-corrected chi connectivity index (χ3v) is 3.68. The minimum absolute atomic E-state index is 0.241. The van der Waals surface area contributed by atoms with Crippen LogP contribution >= 0.6 is 0 Å². The van der Waals surface area contributed by atoms with Crippen LogP contribution < -0.4 is 15.4 Å². The highest BCUT2D eigenvalue weighted by Crippen LogP contribution is 2.10. The number of ether oxygens (including phenoxy) is 1. The average molecular weight is 351 g/mol. The van der Waals surface area contributed by atoms with Crippen molar-refractivity contribution in [3.05, 3.63) is 72.2 Å². The summed E-state index contributed by atoms with van der Waals surface area (Å²) in [5.41, 5.74) is 2.12. The summed E-state index contributed by atoms with van der Waals surface area (Å²) in [5.74, 6) is 1.50. The smallest absolute Gasteiger partial charge is 0.315 e. The molecule has 7 heteroatoms. The van der Waals surface area contributed by atoms with Crippen LogP contribution in [0.4, 0.5) is 4.79 Å². The van der Waals surface area contributed by atoms with E-state index >= 15 is 0 Å². The fraction of sp³-hybridized carbons (Fsp3) is 0.211. The van der Waals surface area contributed by atoms with Gasteiger partial charge in [0, 0.05) is 25.1 Å². The molecule has 134 valence electrons. The second-order valence-corrected chi connectivity index (χ2v) is 5.74. The maximum atomic E-state index is 11.9. The number of hydrogen-bond acceptors (Lipinski definition) is 4. The van der Waals surface area contributed by atoms with Gasteiger partial charge in [-0.1, -0.05) is 17.7 Å². The molecule has 0 saturated heterocycles. The molecule has 0 atom stereocenters. The fourth-order valence-electron chi connectivity index (χ4n) is 2.31.